The van der Waals surface area contributed by atoms with Crippen LogP contribution in [0.5, 0.6) is 0 Å². The van der Waals surface area contributed by atoms with Crippen LogP contribution in [0.2, 0.25) is 0 Å². The van der Waals surface area contributed by atoms with Gasteiger partial charge in [0.05, 0.1) is 0 Å². The lowest BCUT2D eigenvalue weighted by Gasteiger charge is -2.24. The number of rotatable bonds is 6. The zero-order valence-electron chi connectivity index (χ0n) is 14.8. The van der Waals surface area contributed by atoms with Crippen molar-refractivity contribution in [2.45, 2.75) is 33.2 Å². The molecule has 1 aromatic rings. The van der Waals surface area contributed by atoms with Crippen LogP contribution in [0.15, 0.2) is 10.8 Å². The third-order valence-electron chi connectivity index (χ3n) is 4.45. The highest BCUT2D eigenvalue weighted by Gasteiger charge is 2.40. The van der Waals surface area contributed by atoms with Gasteiger partial charge in [-0.25, -0.2) is 4.98 Å². The van der Waals surface area contributed by atoms with Crippen LogP contribution in [-0.4, -0.2) is 61.7 Å². The second-order valence-electron chi connectivity index (χ2n) is 6.61. The van der Waals surface area contributed by atoms with Crippen molar-refractivity contribution >= 4 is 16.1 Å². The minimum Gasteiger partial charge on any atom is -0.448 e. The summed E-state index contributed by atoms with van der Waals surface area (Å²) in [6.45, 7) is 6.77. The number of likely N-dealkylation sites (tertiary alicyclic amines) is 1. The lowest BCUT2D eigenvalue weighted by molar-refractivity contribution is 0.0775. The molecule has 2 unspecified atom stereocenters. The van der Waals surface area contributed by atoms with Crippen molar-refractivity contribution in [1.29, 1.82) is 0 Å². The molecule has 1 N–H and O–H groups in total. The second-order valence-corrected chi connectivity index (χ2v) is 8.52. The number of nitrogens with zero attached hydrogens (tertiary/aromatic N) is 3. The van der Waals surface area contributed by atoms with Crippen molar-refractivity contribution in [2.24, 2.45) is 11.8 Å². The fraction of sp³-hybridized carbons (Fsp3) is 0.733. The van der Waals surface area contributed by atoms with Crippen LogP contribution >= 0.6 is 0 Å². The monoisotopic (exact) mass is 358 g/mol. The van der Waals surface area contributed by atoms with Gasteiger partial charge in [0.15, 0.2) is 12.1 Å². The Labute approximate surface area is 143 Å². The summed E-state index contributed by atoms with van der Waals surface area (Å²) in [6, 6.07) is -0.321. The number of oxazole rings is 1. The van der Waals surface area contributed by atoms with E-state index in [1.807, 2.05) is 20.8 Å². The minimum absolute atomic E-state index is 0.0423. The number of hydrogen-bond acceptors (Lipinski definition) is 5. The van der Waals surface area contributed by atoms with E-state index in [0.29, 0.717) is 31.0 Å². The molecule has 2 rings (SSSR count). The summed E-state index contributed by atoms with van der Waals surface area (Å²) in [6.07, 6.45) is 1.85. The van der Waals surface area contributed by atoms with Crippen molar-refractivity contribution in [3.8, 4) is 0 Å². The van der Waals surface area contributed by atoms with Gasteiger partial charge < -0.3 is 9.32 Å². The SMILES string of the molecule is CCc1ocnc1C(=O)N1CC(NS(=O)(=O)N(C)C)C(C(C)C)C1. The molecule has 8 nitrogen and oxygen atoms in total. The molecule has 0 spiro atoms. The Morgan fingerprint density at radius 1 is 1.46 bits per heavy atom. The highest BCUT2D eigenvalue weighted by molar-refractivity contribution is 7.87. The van der Waals surface area contributed by atoms with Crippen LogP contribution in [0, 0.1) is 11.8 Å². The van der Waals surface area contributed by atoms with Gasteiger partial charge >= 0.3 is 0 Å². The maximum atomic E-state index is 12.7. The normalized spacial score (nSPS) is 21.9. The standard InChI is InChI=1S/C15H26N4O4S/c1-6-13-14(16-9-23-13)15(20)19-7-11(10(2)3)12(8-19)17-24(21,22)18(4)5/h9-12,17H,6-8H2,1-5H3. The van der Waals surface area contributed by atoms with Crippen LogP contribution in [0.1, 0.15) is 37.0 Å². The molecule has 136 valence electrons. The summed E-state index contributed by atoms with van der Waals surface area (Å²) >= 11 is 0. The van der Waals surface area contributed by atoms with Crippen LogP contribution in [0.4, 0.5) is 0 Å². The molecule has 24 heavy (non-hydrogen) atoms. The maximum absolute atomic E-state index is 12.7. The summed E-state index contributed by atoms with van der Waals surface area (Å²) in [5.41, 5.74) is 0.316. The van der Waals surface area contributed by atoms with Crippen molar-refractivity contribution in [3.05, 3.63) is 17.8 Å². The molecule has 2 heterocycles. The predicted octanol–water partition coefficient (Wildman–Crippen LogP) is 0.730. The summed E-state index contributed by atoms with van der Waals surface area (Å²) in [5.74, 6) is 0.623. The maximum Gasteiger partial charge on any atom is 0.279 e. The summed E-state index contributed by atoms with van der Waals surface area (Å²) < 4.78 is 33.4. The number of carbonyl (C=O) groups is 1. The summed E-state index contributed by atoms with van der Waals surface area (Å²) in [5, 5.41) is 0. The Morgan fingerprint density at radius 2 is 2.12 bits per heavy atom. The summed E-state index contributed by atoms with van der Waals surface area (Å²) in [7, 11) is -0.593. The van der Waals surface area contributed by atoms with Crippen LogP contribution in [0.3, 0.4) is 0 Å². The Hall–Kier alpha value is -1.45. The van der Waals surface area contributed by atoms with Crippen LogP contribution in [0.25, 0.3) is 0 Å². The first kappa shape index (κ1) is 18.9. The number of aryl methyl sites for hydroxylation is 1. The molecular formula is C15H26N4O4S. The van der Waals surface area contributed by atoms with Gasteiger partial charge in [-0.1, -0.05) is 20.8 Å². The van der Waals surface area contributed by atoms with E-state index in [2.05, 4.69) is 9.71 Å². The Balaban J connectivity index is 2.19. The fourth-order valence-electron chi connectivity index (χ4n) is 2.94. The van der Waals surface area contributed by atoms with Gasteiger partial charge in [0, 0.05) is 39.6 Å². The molecule has 1 saturated heterocycles. The number of hydrogen-bond donors (Lipinski definition) is 1. The number of nitrogens with one attached hydrogen (secondary N) is 1. The molecule has 1 aliphatic heterocycles. The highest BCUT2D eigenvalue weighted by atomic mass is 32.2. The quantitative estimate of drug-likeness (QED) is 0.809. The summed E-state index contributed by atoms with van der Waals surface area (Å²) in [4.78, 5) is 18.4. The molecule has 1 aromatic heterocycles. The lowest BCUT2D eigenvalue weighted by atomic mass is 9.92. The molecule has 2 atom stereocenters. The van der Waals surface area contributed by atoms with E-state index in [-0.39, 0.29) is 23.8 Å². The third-order valence-corrected chi connectivity index (χ3v) is 6.02. The van der Waals surface area contributed by atoms with Gasteiger partial charge in [-0.3, -0.25) is 4.79 Å². The first-order valence-electron chi connectivity index (χ1n) is 8.08. The van der Waals surface area contributed by atoms with Gasteiger partial charge in [-0.05, 0) is 11.8 Å². The van der Waals surface area contributed by atoms with Crippen molar-refractivity contribution in [2.75, 3.05) is 27.2 Å². The lowest BCUT2D eigenvalue weighted by Crippen LogP contribution is -2.46. The fourth-order valence-corrected chi connectivity index (χ4v) is 3.78. The molecule has 1 aliphatic rings. The highest BCUT2D eigenvalue weighted by Crippen LogP contribution is 2.27. The van der Waals surface area contributed by atoms with Gasteiger partial charge in [-0.15, -0.1) is 0 Å². The van der Waals surface area contributed by atoms with E-state index in [0.717, 1.165) is 4.31 Å². The first-order valence-corrected chi connectivity index (χ1v) is 9.52. The second kappa shape index (κ2) is 7.20. The van der Waals surface area contributed by atoms with Crippen molar-refractivity contribution < 1.29 is 17.6 Å². The Kier molecular flexibility index (Phi) is 5.67. The topological polar surface area (TPSA) is 95.7 Å². The van der Waals surface area contributed by atoms with E-state index in [1.54, 1.807) is 4.90 Å². The van der Waals surface area contributed by atoms with E-state index in [1.165, 1.54) is 20.5 Å². The van der Waals surface area contributed by atoms with Gasteiger partial charge in [0.2, 0.25) is 0 Å². The van der Waals surface area contributed by atoms with Crippen LogP contribution < -0.4 is 4.72 Å². The molecule has 1 amide bonds. The molecule has 0 aliphatic carbocycles. The van der Waals surface area contributed by atoms with E-state index in [9.17, 15) is 13.2 Å². The van der Waals surface area contributed by atoms with E-state index < -0.39 is 10.2 Å². The molecule has 9 heteroatoms. The van der Waals surface area contributed by atoms with Gasteiger partial charge in [0.1, 0.15) is 5.76 Å². The van der Waals surface area contributed by atoms with Crippen LogP contribution in [-0.2, 0) is 16.6 Å². The third kappa shape index (κ3) is 3.79. The molecule has 0 aromatic carbocycles. The number of amides is 1. The Bertz CT molecular complexity index is 683. The number of carbonyl (C=O) groups excluding carboxylic acids is 1. The Morgan fingerprint density at radius 3 is 2.67 bits per heavy atom. The molecule has 1 fully saturated rings. The molecule has 0 bridgehead atoms. The van der Waals surface area contributed by atoms with Crippen molar-refractivity contribution in [1.82, 2.24) is 18.9 Å². The average molecular weight is 358 g/mol. The van der Waals surface area contributed by atoms with E-state index >= 15 is 0 Å². The molecular weight excluding hydrogens is 332 g/mol. The molecule has 0 saturated carbocycles. The van der Waals surface area contributed by atoms with E-state index in [4.69, 9.17) is 4.42 Å². The van der Waals surface area contributed by atoms with Gasteiger partial charge in [0.25, 0.3) is 16.1 Å². The zero-order valence-corrected chi connectivity index (χ0v) is 15.6. The van der Waals surface area contributed by atoms with Gasteiger partial charge in [-0.2, -0.15) is 17.4 Å². The smallest absolute Gasteiger partial charge is 0.279 e. The number of aromatic nitrogens is 1. The first-order chi connectivity index (χ1) is 11.2. The minimum atomic E-state index is -3.55. The van der Waals surface area contributed by atoms with Crippen molar-refractivity contribution in [3.63, 3.8) is 0 Å². The predicted molar refractivity (Wildman–Crippen MR) is 89.6 cm³/mol. The zero-order chi connectivity index (χ0) is 18.1. The molecule has 0 radical (unpaired) electrons. The largest absolute Gasteiger partial charge is 0.448 e. The average Bonchev–Trinajstić information content (AvgIpc) is 3.12.